The number of carbonyl (C=O) groups excluding carboxylic acids is 2. The molecule has 0 aliphatic carbocycles. The minimum Gasteiger partial charge on any atom is -0.378 e. The van der Waals surface area contributed by atoms with Crippen LogP contribution in [0.1, 0.15) is 32.0 Å². The van der Waals surface area contributed by atoms with Crippen molar-refractivity contribution in [2.75, 3.05) is 31.6 Å². The van der Waals surface area contributed by atoms with Crippen molar-refractivity contribution in [3.63, 3.8) is 0 Å². The summed E-state index contributed by atoms with van der Waals surface area (Å²) in [4.78, 5) is 30.9. The molecule has 0 spiro atoms. The molecule has 0 unspecified atom stereocenters. The lowest BCUT2D eigenvalue weighted by Gasteiger charge is -2.26. The topological polar surface area (TPSA) is 71.5 Å². The Morgan fingerprint density at radius 2 is 1.88 bits per heavy atom. The molecule has 3 rings (SSSR count). The molecule has 2 aromatic rings. The van der Waals surface area contributed by atoms with Crippen molar-refractivity contribution in [3.8, 4) is 0 Å². The van der Waals surface area contributed by atoms with Crippen LogP contribution in [0.5, 0.6) is 0 Å². The predicted octanol–water partition coefficient (Wildman–Crippen LogP) is 2.42. The van der Waals surface area contributed by atoms with E-state index in [1.54, 1.807) is 11.0 Å². The van der Waals surface area contributed by atoms with Crippen molar-refractivity contribution in [1.29, 1.82) is 0 Å². The van der Waals surface area contributed by atoms with E-state index >= 15 is 0 Å². The van der Waals surface area contributed by atoms with Crippen molar-refractivity contribution < 1.29 is 14.3 Å². The maximum atomic E-state index is 12.5. The lowest BCUT2D eigenvalue weighted by Crippen LogP contribution is -2.40. The van der Waals surface area contributed by atoms with Crippen LogP contribution in [-0.4, -0.2) is 48.0 Å². The standard InChI is InChI=1S/C19H21N3O3/c1-13-3-4-14(2)16(11-13)21-18(23)17-12-15(5-6-20-17)19(24)22-7-9-25-10-8-22/h3-6,11-12H,7-10H2,1-2H3,(H,21,23). The van der Waals surface area contributed by atoms with Gasteiger partial charge in [0.25, 0.3) is 11.8 Å². The lowest BCUT2D eigenvalue weighted by molar-refractivity contribution is 0.0303. The van der Waals surface area contributed by atoms with Crippen LogP contribution in [-0.2, 0) is 4.74 Å². The first-order valence-electron chi connectivity index (χ1n) is 8.26. The smallest absolute Gasteiger partial charge is 0.274 e. The molecular weight excluding hydrogens is 318 g/mol. The van der Waals surface area contributed by atoms with Crippen LogP contribution in [0.4, 0.5) is 5.69 Å². The molecule has 25 heavy (non-hydrogen) atoms. The number of hydrogen-bond acceptors (Lipinski definition) is 4. The van der Waals surface area contributed by atoms with Gasteiger partial charge in [-0.05, 0) is 43.2 Å². The van der Waals surface area contributed by atoms with E-state index in [-0.39, 0.29) is 17.5 Å². The van der Waals surface area contributed by atoms with E-state index < -0.39 is 0 Å². The number of rotatable bonds is 3. The highest BCUT2D eigenvalue weighted by atomic mass is 16.5. The van der Waals surface area contributed by atoms with Crippen molar-refractivity contribution >= 4 is 17.5 Å². The zero-order chi connectivity index (χ0) is 17.8. The third-order valence-electron chi connectivity index (χ3n) is 4.18. The molecule has 1 fully saturated rings. The van der Waals surface area contributed by atoms with Crippen molar-refractivity contribution in [2.45, 2.75) is 13.8 Å². The number of morpholine rings is 1. The molecule has 2 amide bonds. The van der Waals surface area contributed by atoms with Gasteiger partial charge in [-0.2, -0.15) is 0 Å². The Bertz CT molecular complexity index is 798. The number of anilines is 1. The Labute approximate surface area is 146 Å². The fraction of sp³-hybridized carbons (Fsp3) is 0.316. The summed E-state index contributed by atoms with van der Waals surface area (Å²) in [5.41, 5.74) is 3.46. The van der Waals surface area contributed by atoms with Gasteiger partial charge in [0.15, 0.2) is 0 Å². The number of amides is 2. The molecule has 0 radical (unpaired) electrons. The highest BCUT2D eigenvalue weighted by Crippen LogP contribution is 2.17. The molecule has 1 N–H and O–H groups in total. The first kappa shape index (κ1) is 17.1. The van der Waals surface area contributed by atoms with Crippen LogP contribution < -0.4 is 5.32 Å². The third kappa shape index (κ3) is 4.03. The van der Waals surface area contributed by atoms with Crippen molar-refractivity contribution in [1.82, 2.24) is 9.88 Å². The summed E-state index contributed by atoms with van der Waals surface area (Å²) in [6.45, 7) is 6.10. The average molecular weight is 339 g/mol. The predicted molar refractivity (Wildman–Crippen MR) is 94.8 cm³/mol. The second-order valence-electron chi connectivity index (χ2n) is 6.11. The summed E-state index contributed by atoms with van der Waals surface area (Å²) in [6.07, 6.45) is 1.49. The van der Waals surface area contributed by atoms with Gasteiger partial charge in [0.05, 0.1) is 13.2 Å². The Kier molecular flexibility index (Phi) is 5.09. The number of nitrogens with one attached hydrogen (secondary N) is 1. The molecule has 1 aromatic carbocycles. The number of carbonyl (C=O) groups is 2. The van der Waals surface area contributed by atoms with Gasteiger partial charge in [-0.3, -0.25) is 14.6 Å². The average Bonchev–Trinajstić information content (AvgIpc) is 2.65. The largest absolute Gasteiger partial charge is 0.378 e. The maximum Gasteiger partial charge on any atom is 0.274 e. The molecule has 1 aliphatic rings. The Morgan fingerprint density at radius 3 is 2.64 bits per heavy atom. The number of pyridine rings is 1. The SMILES string of the molecule is Cc1ccc(C)c(NC(=O)c2cc(C(=O)N3CCOCC3)ccn2)c1. The fourth-order valence-electron chi connectivity index (χ4n) is 2.69. The quantitative estimate of drug-likeness (QED) is 0.932. The molecule has 1 saturated heterocycles. The summed E-state index contributed by atoms with van der Waals surface area (Å²) >= 11 is 0. The zero-order valence-electron chi connectivity index (χ0n) is 14.4. The van der Waals surface area contributed by atoms with Crippen LogP contribution in [0, 0.1) is 13.8 Å². The molecule has 0 saturated carbocycles. The van der Waals surface area contributed by atoms with Crippen LogP contribution in [0.25, 0.3) is 0 Å². The molecule has 1 aromatic heterocycles. The molecule has 1 aliphatic heterocycles. The second kappa shape index (κ2) is 7.44. The fourth-order valence-corrected chi connectivity index (χ4v) is 2.69. The number of nitrogens with zero attached hydrogens (tertiary/aromatic N) is 2. The highest BCUT2D eigenvalue weighted by molar-refractivity contribution is 6.05. The first-order valence-corrected chi connectivity index (χ1v) is 8.26. The number of ether oxygens (including phenoxy) is 1. The zero-order valence-corrected chi connectivity index (χ0v) is 14.4. The Balaban J connectivity index is 1.77. The molecule has 6 nitrogen and oxygen atoms in total. The normalized spacial score (nSPS) is 14.2. The number of hydrogen-bond donors (Lipinski definition) is 1. The summed E-state index contributed by atoms with van der Waals surface area (Å²) in [5.74, 6) is -0.434. The van der Waals surface area contributed by atoms with Crippen LogP contribution in [0.15, 0.2) is 36.5 Å². The molecule has 0 atom stereocenters. The van der Waals surface area contributed by atoms with Gasteiger partial charge in [-0.25, -0.2) is 0 Å². The molecule has 130 valence electrons. The Hall–Kier alpha value is -2.73. The maximum absolute atomic E-state index is 12.5. The summed E-state index contributed by atoms with van der Waals surface area (Å²) in [7, 11) is 0. The monoisotopic (exact) mass is 339 g/mol. The van der Waals surface area contributed by atoms with E-state index in [9.17, 15) is 9.59 Å². The second-order valence-corrected chi connectivity index (χ2v) is 6.11. The summed E-state index contributed by atoms with van der Waals surface area (Å²) in [6, 6.07) is 9.03. The van der Waals surface area contributed by atoms with Crippen molar-refractivity contribution in [3.05, 3.63) is 58.9 Å². The van der Waals surface area contributed by atoms with Crippen LogP contribution >= 0.6 is 0 Å². The van der Waals surface area contributed by atoms with E-state index in [0.29, 0.717) is 31.9 Å². The number of aryl methyl sites for hydroxylation is 2. The van der Waals surface area contributed by atoms with Gasteiger partial charge >= 0.3 is 0 Å². The van der Waals surface area contributed by atoms with E-state index in [1.165, 1.54) is 12.3 Å². The van der Waals surface area contributed by atoms with Gasteiger partial charge in [-0.1, -0.05) is 12.1 Å². The van der Waals surface area contributed by atoms with Gasteiger partial charge < -0.3 is 15.0 Å². The minimum atomic E-state index is -0.328. The highest BCUT2D eigenvalue weighted by Gasteiger charge is 2.20. The summed E-state index contributed by atoms with van der Waals surface area (Å²) in [5, 5.41) is 2.87. The minimum absolute atomic E-state index is 0.105. The molecular formula is C19H21N3O3. The van der Waals surface area contributed by atoms with Gasteiger partial charge in [0.1, 0.15) is 5.69 Å². The van der Waals surface area contributed by atoms with Gasteiger partial charge in [0, 0.05) is 30.5 Å². The van der Waals surface area contributed by atoms with E-state index in [4.69, 9.17) is 4.74 Å². The van der Waals surface area contributed by atoms with E-state index in [1.807, 2.05) is 32.0 Å². The molecule has 0 bridgehead atoms. The van der Waals surface area contributed by atoms with Crippen LogP contribution in [0.2, 0.25) is 0 Å². The van der Waals surface area contributed by atoms with E-state index in [0.717, 1.165) is 16.8 Å². The van der Waals surface area contributed by atoms with Crippen LogP contribution in [0.3, 0.4) is 0 Å². The summed E-state index contributed by atoms with van der Waals surface area (Å²) < 4.78 is 5.26. The molecule has 2 heterocycles. The van der Waals surface area contributed by atoms with Gasteiger partial charge in [0.2, 0.25) is 0 Å². The Morgan fingerprint density at radius 1 is 1.12 bits per heavy atom. The van der Waals surface area contributed by atoms with Gasteiger partial charge in [-0.15, -0.1) is 0 Å². The van der Waals surface area contributed by atoms with Crippen molar-refractivity contribution in [2.24, 2.45) is 0 Å². The first-order chi connectivity index (χ1) is 12.0. The molecule has 6 heteroatoms. The van der Waals surface area contributed by atoms with E-state index in [2.05, 4.69) is 10.3 Å². The number of aromatic nitrogens is 1. The third-order valence-corrected chi connectivity index (χ3v) is 4.18. The number of benzene rings is 1. The lowest BCUT2D eigenvalue weighted by atomic mass is 10.1.